The highest BCUT2D eigenvalue weighted by atomic mass is 16.5. The molecule has 5 nitrogen and oxygen atoms in total. The van der Waals surface area contributed by atoms with Crippen molar-refractivity contribution in [1.29, 1.82) is 0 Å². The van der Waals surface area contributed by atoms with Crippen LogP contribution in [0, 0.1) is 5.92 Å². The summed E-state index contributed by atoms with van der Waals surface area (Å²) in [4.78, 5) is 23.0. The van der Waals surface area contributed by atoms with Crippen LogP contribution < -0.4 is 0 Å². The minimum Gasteiger partial charge on any atom is -0.481 e. The molecule has 0 aliphatic carbocycles. The summed E-state index contributed by atoms with van der Waals surface area (Å²) in [6.07, 6.45) is 12.0. The van der Waals surface area contributed by atoms with E-state index in [-0.39, 0.29) is 12.4 Å². The third kappa shape index (κ3) is 18.0. The molecular weight excluding hydrogens is 342 g/mol. The molecule has 0 bridgehead atoms. The number of rotatable bonds is 17. The predicted molar refractivity (Wildman–Crippen MR) is 111 cm³/mol. The summed E-state index contributed by atoms with van der Waals surface area (Å²) < 4.78 is 5.99. The molecule has 0 saturated heterocycles. The van der Waals surface area contributed by atoms with Crippen molar-refractivity contribution in [2.75, 3.05) is 27.7 Å². The van der Waals surface area contributed by atoms with Crippen molar-refractivity contribution in [1.82, 2.24) is 0 Å². The molecule has 0 saturated carbocycles. The van der Waals surface area contributed by atoms with Gasteiger partial charge in [0.15, 0.2) is 6.10 Å². The number of likely N-dealkylation sites (N-methyl/N-ethyl adjacent to an activating group) is 1. The van der Waals surface area contributed by atoms with Crippen molar-refractivity contribution in [3.63, 3.8) is 0 Å². The average molecular weight is 387 g/mol. The fourth-order valence-electron chi connectivity index (χ4n) is 3.37. The number of hydrogen-bond donors (Lipinski definition) is 1. The number of carbonyl (C=O) groups is 2. The Morgan fingerprint density at radius 2 is 1.48 bits per heavy atom. The molecule has 0 amide bonds. The topological polar surface area (TPSA) is 63.6 Å². The van der Waals surface area contributed by atoms with Crippen LogP contribution in [0.15, 0.2) is 0 Å². The zero-order valence-electron chi connectivity index (χ0n) is 18.5. The van der Waals surface area contributed by atoms with Crippen LogP contribution >= 0.6 is 0 Å². The molecule has 0 aromatic heterocycles. The van der Waals surface area contributed by atoms with Gasteiger partial charge >= 0.3 is 11.9 Å². The van der Waals surface area contributed by atoms with Gasteiger partial charge in [-0.1, -0.05) is 71.6 Å². The maximum absolute atomic E-state index is 12.0. The lowest BCUT2D eigenvalue weighted by molar-refractivity contribution is -0.873. The second-order valence-corrected chi connectivity index (χ2v) is 9.09. The van der Waals surface area contributed by atoms with Gasteiger partial charge in [-0.3, -0.25) is 9.59 Å². The van der Waals surface area contributed by atoms with E-state index in [1.54, 1.807) is 0 Å². The molecule has 0 radical (unpaired) electrons. The third-order valence-corrected chi connectivity index (χ3v) is 4.83. The third-order valence-electron chi connectivity index (χ3n) is 4.83. The number of aliphatic carboxylic acids is 1. The molecule has 0 aromatic rings. The first-order valence-corrected chi connectivity index (χ1v) is 10.9. The van der Waals surface area contributed by atoms with Gasteiger partial charge in [-0.05, 0) is 12.3 Å². The number of quaternary nitrogens is 1. The van der Waals surface area contributed by atoms with Gasteiger partial charge in [0.2, 0.25) is 0 Å². The van der Waals surface area contributed by atoms with Gasteiger partial charge in [-0.2, -0.15) is 0 Å². The highest BCUT2D eigenvalue weighted by molar-refractivity contribution is 5.71. The Kier molecular flexibility index (Phi) is 14.3. The van der Waals surface area contributed by atoms with Crippen LogP contribution in [-0.4, -0.2) is 55.3 Å². The van der Waals surface area contributed by atoms with E-state index in [0.29, 0.717) is 23.4 Å². The first-order valence-electron chi connectivity index (χ1n) is 10.9. The summed E-state index contributed by atoms with van der Waals surface area (Å²) in [5.41, 5.74) is 0. The quantitative estimate of drug-likeness (QED) is 0.216. The van der Waals surface area contributed by atoms with E-state index in [4.69, 9.17) is 9.84 Å². The lowest BCUT2D eigenvalue weighted by Crippen LogP contribution is -2.43. The summed E-state index contributed by atoms with van der Waals surface area (Å²) in [7, 11) is 5.90. The number of unbranched alkanes of at least 4 members (excludes halogenated alkanes) is 6. The molecule has 1 N–H and O–H groups in total. The summed E-state index contributed by atoms with van der Waals surface area (Å²) in [6.45, 7) is 5.05. The van der Waals surface area contributed by atoms with Gasteiger partial charge < -0.3 is 14.3 Å². The SMILES string of the molecule is CCCCCCCCC(C)CCCCC(=O)OC(CC(=O)O)C[N+](C)(C)C. The van der Waals surface area contributed by atoms with Crippen LogP contribution in [0.5, 0.6) is 0 Å². The van der Waals surface area contributed by atoms with Gasteiger partial charge in [-0.25, -0.2) is 0 Å². The second-order valence-electron chi connectivity index (χ2n) is 9.09. The molecule has 2 unspecified atom stereocenters. The summed E-state index contributed by atoms with van der Waals surface area (Å²) in [5.74, 6) is -0.479. The number of nitrogens with zero attached hydrogens (tertiary/aromatic N) is 1. The van der Waals surface area contributed by atoms with E-state index >= 15 is 0 Å². The number of hydrogen-bond acceptors (Lipinski definition) is 3. The number of carboxylic acids is 1. The number of ether oxygens (including phenoxy) is 1. The Balaban J connectivity index is 3.88. The maximum Gasteiger partial charge on any atom is 0.307 e. The highest BCUT2D eigenvalue weighted by Crippen LogP contribution is 2.18. The van der Waals surface area contributed by atoms with Crippen molar-refractivity contribution >= 4 is 11.9 Å². The van der Waals surface area contributed by atoms with E-state index in [1.807, 2.05) is 21.1 Å². The lowest BCUT2D eigenvalue weighted by atomic mass is 9.96. The largest absolute Gasteiger partial charge is 0.481 e. The van der Waals surface area contributed by atoms with Gasteiger partial charge in [-0.15, -0.1) is 0 Å². The maximum atomic E-state index is 12.0. The fourth-order valence-corrected chi connectivity index (χ4v) is 3.37. The molecule has 0 aliphatic heterocycles. The molecular formula is C22H44NO4+. The molecule has 0 spiro atoms. The minimum absolute atomic E-state index is 0.128. The zero-order valence-corrected chi connectivity index (χ0v) is 18.5. The minimum atomic E-state index is -0.926. The highest BCUT2D eigenvalue weighted by Gasteiger charge is 2.24. The number of carbonyl (C=O) groups excluding carboxylic acids is 1. The Morgan fingerprint density at radius 1 is 0.926 bits per heavy atom. The summed E-state index contributed by atoms with van der Waals surface area (Å²) in [6, 6.07) is 0. The van der Waals surface area contributed by atoms with Crippen LogP contribution in [0.2, 0.25) is 0 Å². The second kappa shape index (κ2) is 14.9. The molecule has 5 heteroatoms. The molecule has 0 aromatic carbocycles. The summed E-state index contributed by atoms with van der Waals surface area (Å²) >= 11 is 0. The Bertz CT molecular complexity index is 404. The van der Waals surface area contributed by atoms with Crippen LogP contribution in [0.4, 0.5) is 0 Å². The number of carboxylic acid groups (broad SMARTS) is 1. The Hall–Kier alpha value is -1.10. The van der Waals surface area contributed by atoms with Gasteiger partial charge in [0.25, 0.3) is 0 Å². The van der Waals surface area contributed by atoms with E-state index in [0.717, 1.165) is 19.3 Å². The standard InChI is InChI=1S/C22H43NO4/c1-6-7-8-9-10-11-14-19(2)15-12-13-16-22(26)27-20(17-21(24)25)18-23(3,4)5/h19-20H,6-18H2,1-5H3/p+1. The lowest BCUT2D eigenvalue weighted by Gasteiger charge is -2.28. The van der Waals surface area contributed by atoms with Gasteiger partial charge in [0.05, 0.1) is 27.6 Å². The normalized spacial score (nSPS) is 14.0. The molecule has 0 heterocycles. The van der Waals surface area contributed by atoms with Crippen molar-refractivity contribution in [3.8, 4) is 0 Å². The van der Waals surface area contributed by atoms with Crippen LogP contribution in [-0.2, 0) is 14.3 Å². The van der Waals surface area contributed by atoms with Crippen molar-refractivity contribution in [3.05, 3.63) is 0 Å². The first kappa shape index (κ1) is 25.9. The zero-order chi connectivity index (χ0) is 20.7. The van der Waals surface area contributed by atoms with Crippen molar-refractivity contribution in [2.24, 2.45) is 5.92 Å². The van der Waals surface area contributed by atoms with Crippen molar-refractivity contribution in [2.45, 2.75) is 97.0 Å². The molecule has 0 aliphatic rings. The van der Waals surface area contributed by atoms with E-state index in [1.165, 1.54) is 44.9 Å². The van der Waals surface area contributed by atoms with E-state index < -0.39 is 12.1 Å². The molecule has 0 fully saturated rings. The van der Waals surface area contributed by atoms with Gasteiger partial charge in [0.1, 0.15) is 6.54 Å². The molecule has 27 heavy (non-hydrogen) atoms. The van der Waals surface area contributed by atoms with Crippen LogP contribution in [0.1, 0.15) is 90.9 Å². The van der Waals surface area contributed by atoms with E-state index in [2.05, 4.69) is 13.8 Å². The summed E-state index contributed by atoms with van der Waals surface area (Å²) in [5, 5.41) is 9.00. The predicted octanol–water partition coefficient (Wildman–Crippen LogP) is 5.03. The monoisotopic (exact) mass is 386 g/mol. The smallest absolute Gasteiger partial charge is 0.307 e. The molecule has 2 atom stereocenters. The van der Waals surface area contributed by atoms with Crippen LogP contribution in [0.25, 0.3) is 0 Å². The Labute approximate surface area is 167 Å². The van der Waals surface area contributed by atoms with Gasteiger partial charge in [0, 0.05) is 6.42 Å². The first-order chi connectivity index (χ1) is 12.6. The fraction of sp³-hybridized carbons (Fsp3) is 0.909. The molecule has 0 rings (SSSR count). The average Bonchev–Trinajstić information content (AvgIpc) is 2.52. The van der Waals surface area contributed by atoms with Crippen LogP contribution in [0.3, 0.4) is 0 Å². The Morgan fingerprint density at radius 3 is 2.04 bits per heavy atom. The van der Waals surface area contributed by atoms with E-state index in [9.17, 15) is 9.59 Å². The number of esters is 1. The van der Waals surface area contributed by atoms with Crippen molar-refractivity contribution < 1.29 is 23.9 Å². The molecule has 160 valence electrons.